The lowest BCUT2D eigenvalue weighted by atomic mass is 10.1. The summed E-state index contributed by atoms with van der Waals surface area (Å²) < 4.78 is 11.5. The Kier molecular flexibility index (Phi) is 6.41. The number of aromatic nitrogens is 8. The molecule has 4 heterocycles. The van der Waals surface area contributed by atoms with Crippen LogP contribution in [0.25, 0.3) is 22.3 Å². The van der Waals surface area contributed by atoms with Gasteiger partial charge in [-0.3, -0.25) is 0 Å². The van der Waals surface area contributed by atoms with Crippen LogP contribution in [0.2, 0.25) is 0 Å². The third-order valence-corrected chi connectivity index (χ3v) is 4.64. The maximum atomic E-state index is 5.75. The molecule has 0 aliphatic heterocycles. The van der Waals surface area contributed by atoms with E-state index in [0.29, 0.717) is 36.3 Å². The summed E-state index contributed by atoms with van der Waals surface area (Å²) in [6.45, 7) is 1.31. The molecule has 10 nitrogen and oxygen atoms in total. The molecule has 0 atom stereocenters. The molecule has 0 amide bonds. The van der Waals surface area contributed by atoms with E-state index in [0.717, 1.165) is 36.7 Å². The summed E-state index contributed by atoms with van der Waals surface area (Å²) in [5.74, 6) is 1.15. The highest BCUT2D eigenvalue weighted by Gasteiger charge is 2.07. The molecular weight excluding hydrogens is 372 g/mol. The molecule has 4 aromatic heterocycles. The Hall–Kier alpha value is -3.30. The molecule has 0 saturated carbocycles. The normalized spacial score (nSPS) is 11.3. The quantitative estimate of drug-likeness (QED) is 0.349. The van der Waals surface area contributed by atoms with Crippen LogP contribution >= 0.6 is 0 Å². The molecule has 0 saturated heterocycles. The van der Waals surface area contributed by atoms with Gasteiger partial charge in [-0.1, -0.05) is 32.1 Å². The number of nitrogens with zero attached hydrogens (tertiary/aromatic N) is 6. The van der Waals surface area contributed by atoms with Crippen molar-refractivity contribution in [1.82, 2.24) is 39.9 Å². The van der Waals surface area contributed by atoms with Gasteiger partial charge in [0.2, 0.25) is 11.8 Å². The van der Waals surface area contributed by atoms with Crippen LogP contribution in [0.4, 0.5) is 0 Å². The highest BCUT2D eigenvalue weighted by molar-refractivity contribution is 5.75. The Labute approximate surface area is 167 Å². The number of hydrogen-bond acceptors (Lipinski definition) is 8. The molecule has 2 N–H and O–H groups in total. The molecule has 29 heavy (non-hydrogen) atoms. The van der Waals surface area contributed by atoms with Crippen LogP contribution in [0.1, 0.15) is 44.9 Å². The van der Waals surface area contributed by atoms with E-state index in [4.69, 9.17) is 9.47 Å². The van der Waals surface area contributed by atoms with E-state index in [-0.39, 0.29) is 0 Å². The van der Waals surface area contributed by atoms with Crippen molar-refractivity contribution in [1.29, 1.82) is 0 Å². The fraction of sp³-hybridized carbons (Fsp3) is 0.474. The lowest BCUT2D eigenvalue weighted by Gasteiger charge is -2.06. The Morgan fingerprint density at radius 2 is 1.00 bits per heavy atom. The number of H-pyrrole nitrogens is 2. The van der Waals surface area contributed by atoms with Crippen LogP contribution in [0, 0.1) is 0 Å². The average molecular weight is 396 g/mol. The second-order valence-corrected chi connectivity index (χ2v) is 6.73. The Morgan fingerprint density at radius 3 is 1.48 bits per heavy atom. The zero-order valence-electron chi connectivity index (χ0n) is 16.2. The van der Waals surface area contributed by atoms with Crippen molar-refractivity contribution in [2.24, 2.45) is 0 Å². The number of aromatic amines is 2. The van der Waals surface area contributed by atoms with Crippen molar-refractivity contribution in [3.05, 3.63) is 25.3 Å². The highest BCUT2D eigenvalue weighted by Crippen LogP contribution is 2.18. The van der Waals surface area contributed by atoms with Gasteiger partial charge in [0, 0.05) is 0 Å². The zero-order chi connectivity index (χ0) is 19.7. The molecule has 0 unspecified atom stereocenters. The van der Waals surface area contributed by atoms with Crippen LogP contribution in [-0.4, -0.2) is 53.1 Å². The van der Waals surface area contributed by atoms with Crippen molar-refractivity contribution in [2.75, 3.05) is 13.2 Å². The maximum absolute atomic E-state index is 5.75. The van der Waals surface area contributed by atoms with E-state index in [2.05, 4.69) is 39.9 Å². The van der Waals surface area contributed by atoms with Gasteiger partial charge in [0.05, 0.1) is 25.9 Å². The van der Waals surface area contributed by atoms with Gasteiger partial charge in [0.15, 0.2) is 11.3 Å². The summed E-state index contributed by atoms with van der Waals surface area (Å²) in [7, 11) is 0. The second-order valence-electron chi connectivity index (χ2n) is 6.73. The molecule has 0 radical (unpaired) electrons. The van der Waals surface area contributed by atoms with Crippen LogP contribution in [0.15, 0.2) is 25.3 Å². The first-order valence-electron chi connectivity index (χ1n) is 9.95. The molecule has 152 valence electrons. The number of ether oxygens (including phenoxy) is 2. The first-order chi connectivity index (χ1) is 14.4. The van der Waals surface area contributed by atoms with E-state index >= 15 is 0 Å². The van der Waals surface area contributed by atoms with Gasteiger partial charge < -0.3 is 19.4 Å². The third-order valence-electron chi connectivity index (χ3n) is 4.64. The van der Waals surface area contributed by atoms with Crippen molar-refractivity contribution < 1.29 is 9.47 Å². The molecule has 0 aliphatic rings. The summed E-state index contributed by atoms with van der Waals surface area (Å²) in [6.07, 6.45) is 14.1. The number of imidazole rings is 2. The van der Waals surface area contributed by atoms with E-state index in [1.807, 2.05) is 0 Å². The smallest absolute Gasteiger partial charge is 0.243 e. The minimum absolute atomic E-state index is 0.573. The number of hydrogen-bond donors (Lipinski definition) is 2. The lowest BCUT2D eigenvalue weighted by Crippen LogP contribution is -2.01. The van der Waals surface area contributed by atoms with Crippen LogP contribution in [-0.2, 0) is 0 Å². The fourth-order valence-corrected chi connectivity index (χ4v) is 3.13. The van der Waals surface area contributed by atoms with Gasteiger partial charge in [0.25, 0.3) is 0 Å². The number of fused-ring (bicyclic) bond motifs is 2. The van der Waals surface area contributed by atoms with Gasteiger partial charge >= 0.3 is 0 Å². The molecule has 4 rings (SSSR count). The zero-order valence-corrected chi connectivity index (χ0v) is 16.2. The van der Waals surface area contributed by atoms with Crippen LogP contribution in [0.5, 0.6) is 11.8 Å². The topological polar surface area (TPSA) is 127 Å². The third kappa shape index (κ3) is 4.95. The van der Waals surface area contributed by atoms with Crippen molar-refractivity contribution >= 4 is 22.3 Å². The molecule has 0 aromatic carbocycles. The standard InChI is InChI=1S/C19H24N8O2/c1(2-4-6-8-28-18-14-16(22-10-20-14)24-12-26-18)3-5-7-9-29-19-15-17(23-11-21-15)25-13-27-19/h10-13H,1-9H2,(H,20,22,24,26)(H,21,23,25,27). The minimum atomic E-state index is 0.573. The van der Waals surface area contributed by atoms with Gasteiger partial charge in [-0.05, 0) is 12.8 Å². The molecule has 0 bridgehead atoms. The van der Waals surface area contributed by atoms with Gasteiger partial charge in [-0.25, -0.2) is 19.9 Å². The van der Waals surface area contributed by atoms with Crippen LogP contribution < -0.4 is 9.47 Å². The largest absolute Gasteiger partial charge is 0.476 e. The molecule has 0 fully saturated rings. The Morgan fingerprint density at radius 1 is 0.552 bits per heavy atom. The number of nitrogens with one attached hydrogen (secondary N) is 2. The van der Waals surface area contributed by atoms with E-state index in [1.54, 1.807) is 12.7 Å². The SMILES string of the molecule is c1nc(OCCCCCCCCCOc2ncnc3nc[nH]c23)c2[nH]cnc2n1. The fourth-order valence-electron chi connectivity index (χ4n) is 3.13. The predicted molar refractivity (Wildman–Crippen MR) is 107 cm³/mol. The predicted octanol–water partition coefficient (Wildman–Crippen LogP) is 3.21. The Balaban J connectivity index is 1.03. The minimum Gasteiger partial charge on any atom is -0.476 e. The first kappa shape index (κ1) is 19.0. The monoisotopic (exact) mass is 396 g/mol. The molecular formula is C19H24N8O2. The molecule has 10 heteroatoms. The maximum Gasteiger partial charge on any atom is 0.243 e. The van der Waals surface area contributed by atoms with E-state index < -0.39 is 0 Å². The second kappa shape index (κ2) is 9.76. The molecule has 0 spiro atoms. The van der Waals surface area contributed by atoms with Crippen molar-refractivity contribution in [3.63, 3.8) is 0 Å². The first-order valence-corrected chi connectivity index (χ1v) is 9.95. The summed E-state index contributed by atoms with van der Waals surface area (Å²) in [6, 6.07) is 0. The van der Waals surface area contributed by atoms with Gasteiger partial charge in [-0.15, -0.1) is 0 Å². The average Bonchev–Trinajstić information content (AvgIpc) is 3.41. The van der Waals surface area contributed by atoms with Crippen LogP contribution in [0.3, 0.4) is 0 Å². The van der Waals surface area contributed by atoms with Crippen molar-refractivity contribution in [3.8, 4) is 11.8 Å². The summed E-state index contributed by atoms with van der Waals surface area (Å²) in [5, 5.41) is 0. The van der Waals surface area contributed by atoms with E-state index in [1.165, 1.54) is 31.9 Å². The van der Waals surface area contributed by atoms with Gasteiger partial charge in [-0.2, -0.15) is 9.97 Å². The molecule has 4 aromatic rings. The van der Waals surface area contributed by atoms with Crippen molar-refractivity contribution in [2.45, 2.75) is 44.9 Å². The summed E-state index contributed by atoms with van der Waals surface area (Å²) in [4.78, 5) is 30.7. The Bertz CT molecular complexity index is 949. The number of rotatable bonds is 12. The highest BCUT2D eigenvalue weighted by atomic mass is 16.5. The molecule has 0 aliphatic carbocycles. The summed E-state index contributed by atoms with van der Waals surface area (Å²) >= 11 is 0. The van der Waals surface area contributed by atoms with Gasteiger partial charge in [0.1, 0.15) is 23.7 Å². The lowest BCUT2D eigenvalue weighted by molar-refractivity contribution is 0.292. The summed E-state index contributed by atoms with van der Waals surface area (Å²) in [5.41, 5.74) is 2.77. The number of unbranched alkanes of at least 4 members (excludes halogenated alkanes) is 6. The van der Waals surface area contributed by atoms with E-state index in [9.17, 15) is 0 Å².